The Hall–Kier alpha value is -0.120. The number of nitrogens with zero attached hydrogens (tertiary/aromatic N) is 1. The highest BCUT2D eigenvalue weighted by Gasteiger charge is 2.24. The van der Waals surface area contributed by atoms with Gasteiger partial charge in [-0.25, -0.2) is 0 Å². The van der Waals surface area contributed by atoms with E-state index in [0.29, 0.717) is 6.04 Å². The molecule has 0 bridgehead atoms. The van der Waals surface area contributed by atoms with Crippen LogP contribution in [0.25, 0.3) is 0 Å². The molecule has 0 saturated carbocycles. The van der Waals surface area contributed by atoms with Gasteiger partial charge in [-0.05, 0) is 45.8 Å². The van der Waals surface area contributed by atoms with E-state index in [0.717, 1.165) is 13.0 Å². The van der Waals surface area contributed by atoms with Crippen molar-refractivity contribution in [1.29, 1.82) is 0 Å². The second kappa shape index (κ2) is 7.34. The van der Waals surface area contributed by atoms with E-state index in [-0.39, 0.29) is 12.1 Å². The van der Waals surface area contributed by atoms with Crippen LogP contribution >= 0.6 is 0 Å². The lowest BCUT2D eigenvalue weighted by molar-refractivity contribution is 0.138. The number of hydrogen-bond acceptors (Lipinski definition) is 3. The van der Waals surface area contributed by atoms with Crippen molar-refractivity contribution < 1.29 is 5.11 Å². The fourth-order valence-corrected chi connectivity index (χ4v) is 2.66. The SMILES string of the molecule is CC(C)NC(C)(CO)CCN1CCCCCC1. The average molecular weight is 242 g/mol. The van der Waals surface area contributed by atoms with Crippen LogP contribution in [0.4, 0.5) is 0 Å². The van der Waals surface area contributed by atoms with Crippen LogP contribution < -0.4 is 5.32 Å². The van der Waals surface area contributed by atoms with E-state index < -0.39 is 0 Å². The molecule has 1 aliphatic rings. The molecule has 1 fully saturated rings. The van der Waals surface area contributed by atoms with Crippen LogP contribution in [0.2, 0.25) is 0 Å². The van der Waals surface area contributed by atoms with Gasteiger partial charge in [-0.1, -0.05) is 26.7 Å². The summed E-state index contributed by atoms with van der Waals surface area (Å²) in [6, 6.07) is 0.427. The van der Waals surface area contributed by atoms with Crippen molar-refractivity contribution in [2.75, 3.05) is 26.2 Å². The third kappa shape index (κ3) is 5.84. The molecule has 1 aliphatic heterocycles. The molecule has 3 nitrogen and oxygen atoms in total. The first kappa shape index (κ1) is 14.9. The molecule has 102 valence electrons. The van der Waals surface area contributed by atoms with Crippen LogP contribution in [-0.2, 0) is 0 Å². The van der Waals surface area contributed by atoms with Crippen molar-refractivity contribution >= 4 is 0 Å². The monoisotopic (exact) mass is 242 g/mol. The molecule has 0 aromatic carbocycles. The molecular formula is C14H30N2O. The number of rotatable bonds is 6. The zero-order valence-electron chi connectivity index (χ0n) is 11.8. The summed E-state index contributed by atoms with van der Waals surface area (Å²) in [5.74, 6) is 0. The molecule has 1 unspecified atom stereocenters. The molecule has 1 saturated heterocycles. The minimum absolute atomic E-state index is 0.125. The summed E-state index contributed by atoms with van der Waals surface area (Å²) >= 11 is 0. The number of nitrogens with one attached hydrogen (secondary N) is 1. The van der Waals surface area contributed by atoms with Crippen LogP contribution in [-0.4, -0.2) is 47.8 Å². The Morgan fingerprint density at radius 1 is 1.18 bits per heavy atom. The topological polar surface area (TPSA) is 35.5 Å². The van der Waals surface area contributed by atoms with Gasteiger partial charge in [0, 0.05) is 11.6 Å². The molecule has 0 aromatic heterocycles. The maximum absolute atomic E-state index is 9.54. The lowest BCUT2D eigenvalue weighted by Gasteiger charge is -2.33. The molecule has 1 heterocycles. The third-order valence-electron chi connectivity index (χ3n) is 3.66. The zero-order valence-corrected chi connectivity index (χ0v) is 11.8. The van der Waals surface area contributed by atoms with Crippen LogP contribution in [0.3, 0.4) is 0 Å². The second-order valence-electron chi connectivity index (χ2n) is 6.02. The molecule has 0 aromatic rings. The van der Waals surface area contributed by atoms with E-state index in [9.17, 15) is 5.11 Å². The molecule has 1 rings (SSSR count). The molecule has 0 aliphatic carbocycles. The summed E-state index contributed by atoms with van der Waals surface area (Å²) in [5, 5.41) is 13.0. The molecule has 0 amide bonds. The predicted molar refractivity (Wildman–Crippen MR) is 73.3 cm³/mol. The molecular weight excluding hydrogens is 212 g/mol. The Kier molecular flexibility index (Phi) is 6.45. The number of aliphatic hydroxyl groups excluding tert-OH is 1. The molecule has 17 heavy (non-hydrogen) atoms. The summed E-state index contributed by atoms with van der Waals surface area (Å²) in [4.78, 5) is 2.56. The van der Waals surface area contributed by atoms with E-state index in [4.69, 9.17) is 0 Å². The van der Waals surface area contributed by atoms with Crippen LogP contribution in [0.1, 0.15) is 52.9 Å². The number of hydrogen-bond donors (Lipinski definition) is 2. The van der Waals surface area contributed by atoms with Gasteiger partial charge in [0.2, 0.25) is 0 Å². The normalized spacial score (nSPS) is 22.4. The van der Waals surface area contributed by atoms with E-state index in [1.807, 2.05) is 0 Å². The highest BCUT2D eigenvalue weighted by molar-refractivity contribution is 4.85. The van der Waals surface area contributed by atoms with Gasteiger partial charge in [0.25, 0.3) is 0 Å². The van der Waals surface area contributed by atoms with Gasteiger partial charge in [0.1, 0.15) is 0 Å². The first-order valence-corrected chi connectivity index (χ1v) is 7.17. The van der Waals surface area contributed by atoms with Crippen molar-refractivity contribution in [3.8, 4) is 0 Å². The van der Waals surface area contributed by atoms with Crippen molar-refractivity contribution in [1.82, 2.24) is 10.2 Å². The van der Waals surface area contributed by atoms with Gasteiger partial charge in [0.15, 0.2) is 0 Å². The molecule has 0 spiro atoms. The summed E-state index contributed by atoms with van der Waals surface area (Å²) in [6.07, 6.45) is 6.48. The Morgan fingerprint density at radius 3 is 2.24 bits per heavy atom. The smallest absolute Gasteiger partial charge is 0.0611 e. The van der Waals surface area contributed by atoms with Crippen LogP contribution in [0.5, 0.6) is 0 Å². The van der Waals surface area contributed by atoms with E-state index in [1.165, 1.54) is 38.8 Å². The Balaban J connectivity index is 2.34. The summed E-state index contributed by atoms with van der Waals surface area (Å²) in [7, 11) is 0. The fourth-order valence-electron chi connectivity index (χ4n) is 2.66. The summed E-state index contributed by atoms with van der Waals surface area (Å²) < 4.78 is 0. The van der Waals surface area contributed by atoms with Crippen molar-refractivity contribution in [2.45, 2.75) is 64.5 Å². The van der Waals surface area contributed by atoms with Crippen LogP contribution in [0.15, 0.2) is 0 Å². The molecule has 3 heteroatoms. The molecule has 1 atom stereocenters. The lowest BCUT2D eigenvalue weighted by Crippen LogP contribution is -2.51. The Morgan fingerprint density at radius 2 is 1.76 bits per heavy atom. The zero-order chi connectivity index (χ0) is 12.7. The quantitative estimate of drug-likeness (QED) is 0.748. The minimum atomic E-state index is -0.125. The largest absolute Gasteiger partial charge is 0.394 e. The van der Waals surface area contributed by atoms with E-state index in [1.54, 1.807) is 0 Å². The third-order valence-corrected chi connectivity index (χ3v) is 3.66. The molecule has 0 radical (unpaired) electrons. The van der Waals surface area contributed by atoms with Gasteiger partial charge in [-0.15, -0.1) is 0 Å². The fraction of sp³-hybridized carbons (Fsp3) is 1.00. The number of aliphatic hydroxyl groups is 1. The van der Waals surface area contributed by atoms with E-state index >= 15 is 0 Å². The standard InChI is InChI=1S/C14H30N2O/c1-13(2)15-14(3,12-17)8-11-16-9-6-4-5-7-10-16/h13,15,17H,4-12H2,1-3H3. The van der Waals surface area contributed by atoms with Gasteiger partial charge < -0.3 is 15.3 Å². The molecule has 2 N–H and O–H groups in total. The second-order valence-corrected chi connectivity index (χ2v) is 6.02. The first-order chi connectivity index (χ1) is 8.06. The van der Waals surface area contributed by atoms with Gasteiger partial charge in [-0.3, -0.25) is 0 Å². The van der Waals surface area contributed by atoms with Gasteiger partial charge in [0.05, 0.1) is 6.61 Å². The van der Waals surface area contributed by atoms with Crippen molar-refractivity contribution in [3.05, 3.63) is 0 Å². The number of likely N-dealkylation sites (tertiary alicyclic amines) is 1. The summed E-state index contributed by atoms with van der Waals surface area (Å²) in [5.41, 5.74) is -0.125. The minimum Gasteiger partial charge on any atom is -0.394 e. The average Bonchev–Trinajstić information content (AvgIpc) is 2.54. The first-order valence-electron chi connectivity index (χ1n) is 7.17. The van der Waals surface area contributed by atoms with Crippen LogP contribution in [0, 0.1) is 0 Å². The highest BCUT2D eigenvalue weighted by Crippen LogP contribution is 2.14. The highest BCUT2D eigenvalue weighted by atomic mass is 16.3. The maximum Gasteiger partial charge on any atom is 0.0611 e. The van der Waals surface area contributed by atoms with Gasteiger partial charge in [-0.2, -0.15) is 0 Å². The van der Waals surface area contributed by atoms with E-state index in [2.05, 4.69) is 31.0 Å². The lowest BCUT2D eigenvalue weighted by atomic mass is 9.97. The summed E-state index contributed by atoms with van der Waals surface area (Å²) in [6.45, 7) is 10.2. The van der Waals surface area contributed by atoms with Gasteiger partial charge >= 0.3 is 0 Å². The predicted octanol–water partition coefficient (Wildman–Crippen LogP) is 2.00. The van der Waals surface area contributed by atoms with Crippen molar-refractivity contribution in [2.24, 2.45) is 0 Å². The Labute approximate surface area is 107 Å². The Bertz CT molecular complexity index is 200. The van der Waals surface area contributed by atoms with Crippen molar-refractivity contribution in [3.63, 3.8) is 0 Å². The maximum atomic E-state index is 9.54.